The van der Waals surface area contributed by atoms with E-state index in [2.05, 4.69) is 27.1 Å². The van der Waals surface area contributed by atoms with Gasteiger partial charge in [-0.25, -0.2) is 13.8 Å². The highest BCUT2D eigenvalue weighted by Gasteiger charge is 2.12. The van der Waals surface area contributed by atoms with Gasteiger partial charge >= 0.3 is 0 Å². The lowest BCUT2D eigenvalue weighted by molar-refractivity contribution is 0.302. The number of ether oxygens (including phenoxy) is 2. The summed E-state index contributed by atoms with van der Waals surface area (Å²) >= 11 is 3.05. The number of thiazole rings is 1. The number of benzene rings is 2. The van der Waals surface area contributed by atoms with Crippen molar-refractivity contribution in [1.82, 2.24) is 18.7 Å². The SMILES string of the molecule is COc1nc2ncc(-c3ccc(OCc4csc(-c5ccccc5)n4)cc3)n2s1. The first-order valence-electron chi connectivity index (χ1n) is 8.92. The van der Waals surface area contributed by atoms with Crippen molar-refractivity contribution in [2.24, 2.45) is 0 Å². The van der Waals surface area contributed by atoms with E-state index in [1.54, 1.807) is 18.4 Å². The first-order chi connectivity index (χ1) is 14.3. The summed E-state index contributed by atoms with van der Waals surface area (Å²) in [5, 5.41) is 3.63. The van der Waals surface area contributed by atoms with Crippen molar-refractivity contribution in [2.45, 2.75) is 6.61 Å². The normalized spacial score (nSPS) is 11.1. The van der Waals surface area contributed by atoms with Crippen LogP contribution in [0.2, 0.25) is 0 Å². The number of methoxy groups -OCH3 is 1. The maximum Gasteiger partial charge on any atom is 0.293 e. The highest BCUT2D eigenvalue weighted by atomic mass is 32.1. The minimum Gasteiger partial charge on any atom is -0.487 e. The molecule has 6 nitrogen and oxygen atoms in total. The zero-order chi connectivity index (χ0) is 19.6. The van der Waals surface area contributed by atoms with Crippen LogP contribution in [0.5, 0.6) is 10.9 Å². The van der Waals surface area contributed by atoms with Gasteiger partial charge in [-0.3, -0.25) is 0 Å². The molecular weight excluding hydrogens is 404 g/mol. The smallest absolute Gasteiger partial charge is 0.293 e. The molecule has 0 aliphatic heterocycles. The molecule has 5 aromatic rings. The predicted molar refractivity (Wildman–Crippen MR) is 115 cm³/mol. The largest absolute Gasteiger partial charge is 0.487 e. The molecular formula is C21H16N4O2S2. The molecule has 5 rings (SSSR count). The minimum absolute atomic E-state index is 0.436. The van der Waals surface area contributed by atoms with Crippen LogP contribution in [0, 0.1) is 0 Å². The Bertz CT molecular complexity index is 1240. The van der Waals surface area contributed by atoms with Crippen molar-refractivity contribution >= 4 is 28.6 Å². The van der Waals surface area contributed by atoms with Gasteiger partial charge in [0.05, 0.1) is 24.7 Å². The molecule has 29 heavy (non-hydrogen) atoms. The summed E-state index contributed by atoms with van der Waals surface area (Å²) in [5.41, 5.74) is 4.06. The third kappa shape index (κ3) is 3.59. The van der Waals surface area contributed by atoms with Gasteiger partial charge in [0.1, 0.15) is 17.4 Å². The Kier molecular flexibility index (Phi) is 4.71. The third-order valence-corrected chi connectivity index (χ3v) is 6.24. The van der Waals surface area contributed by atoms with Gasteiger partial charge in [0.15, 0.2) is 0 Å². The van der Waals surface area contributed by atoms with Crippen LogP contribution in [0.1, 0.15) is 5.69 Å². The lowest BCUT2D eigenvalue weighted by Crippen LogP contribution is -1.95. The van der Waals surface area contributed by atoms with E-state index in [0.29, 0.717) is 17.6 Å². The molecule has 3 heterocycles. The second-order valence-electron chi connectivity index (χ2n) is 6.23. The second-order valence-corrected chi connectivity index (χ2v) is 7.99. The molecule has 0 aliphatic rings. The Morgan fingerprint density at radius 2 is 1.79 bits per heavy atom. The molecule has 0 radical (unpaired) electrons. The van der Waals surface area contributed by atoms with Crippen LogP contribution in [-0.4, -0.2) is 25.9 Å². The van der Waals surface area contributed by atoms with Crippen molar-refractivity contribution in [3.05, 3.63) is 71.9 Å². The molecule has 8 heteroatoms. The molecule has 0 aliphatic carbocycles. The maximum absolute atomic E-state index is 5.91. The molecule has 0 saturated carbocycles. The molecule has 3 aromatic heterocycles. The first-order valence-corrected chi connectivity index (χ1v) is 10.6. The molecule has 144 valence electrons. The molecule has 2 aromatic carbocycles. The van der Waals surface area contributed by atoms with Crippen molar-refractivity contribution in [1.29, 1.82) is 0 Å². The number of aromatic nitrogens is 4. The van der Waals surface area contributed by atoms with Gasteiger partial charge in [-0.1, -0.05) is 30.3 Å². The van der Waals surface area contributed by atoms with Gasteiger partial charge in [0.2, 0.25) is 5.78 Å². The number of nitrogens with zero attached hydrogens (tertiary/aromatic N) is 4. The van der Waals surface area contributed by atoms with Crippen molar-refractivity contribution in [3.63, 3.8) is 0 Å². The fourth-order valence-electron chi connectivity index (χ4n) is 2.92. The highest BCUT2D eigenvalue weighted by Crippen LogP contribution is 2.28. The fraction of sp³-hybridized carbons (Fsp3) is 0.0952. The number of imidazole rings is 1. The summed E-state index contributed by atoms with van der Waals surface area (Å²) in [4.78, 5) is 13.3. The maximum atomic E-state index is 5.91. The van der Waals surface area contributed by atoms with Crippen LogP contribution in [0.4, 0.5) is 0 Å². The van der Waals surface area contributed by atoms with E-state index in [9.17, 15) is 0 Å². The molecule has 0 spiro atoms. The lowest BCUT2D eigenvalue weighted by Gasteiger charge is -2.05. The van der Waals surface area contributed by atoms with Gasteiger partial charge in [0.25, 0.3) is 5.19 Å². The van der Waals surface area contributed by atoms with Gasteiger partial charge < -0.3 is 9.47 Å². The van der Waals surface area contributed by atoms with E-state index < -0.39 is 0 Å². The van der Waals surface area contributed by atoms with E-state index in [1.165, 1.54) is 11.5 Å². The zero-order valence-corrected chi connectivity index (χ0v) is 17.1. The third-order valence-electron chi connectivity index (χ3n) is 4.35. The van der Waals surface area contributed by atoms with Gasteiger partial charge in [-0.15, -0.1) is 11.3 Å². The van der Waals surface area contributed by atoms with Gasteiger partial charge in [-0.05, 0) is 24.3 Å². The molecule has 0 bridgehead atoms. The molecule has 0 atom stereocenters. The first kappa shape index (κ1) is 17.8. The summed E-state index contributed by atoms with van der Waals surface area (Å²) in [6.07, 6.45) is 1.81. The minimum atomic E-state index is 0.436. The van der Waals surface area contributed by atoms with Gasteiger partial charge in [0, 0.05) is 28.0 Å². The van der Waals surface area contributed by atoms with Crippen LogP contribution in [-0.2, 0) is 6.61 Å². The number of rotatable bonds is 6. The molecule has 0 fully saturated rings. The Balaban J connectivity index is 1.28. The van der Waals surface area contributed by atoms with Crippen LogP contribution in [0.15, 0.2) is 66.2 Å². The van der Waals surface area contributed by atoms with Crippen LogP contribution < -0.4 is 9.47 Å². The van der Waals surface area contributed by atoms with Crippen LogP contribution in [0.25, 0.3) is 27.6 Å². The van der Waals surface area contributed by atoms with E-state index in [-0.39, 0.29) is 0 Å². The van der Waals surface area contributed by atoms with Crippen LogP contribution in [0.3, 0.4) is 0 Å². The zero-order valence-electron chi connectivity index (χ0n) is 15.5. The Morgan fingerprint density at radius 1 is 0.966 bits per heavy atom. The lowest BCUT2D eigenvalue weighted by atomic mass is 10.2. The average molecular weight is 421 g/mol. The Morgan fingerprint density at radius 3 is 2.59 bits per heavy atom. The molecule has 0 N–H and O–H groups in total. The summed E-state index contributed by atoms with van der Waals surface area (Å²) in [7, 11) is 1.61. The summed E-state index contributed by atoms with van der Waals surface area (Å²) in [6, 6.07) is 18.1. The molecule has 0 unspecified atom stereocenters. The topological polar surface area (TPSA) is 61.5 Å². The number of hydrogen-bond acceptors (Lipinski definition) is 7. The fourth-order valence-corrected chi connectivity index (χ4v) is 4.50. The van der Waals surface area contributed by atoms with Crippen molar-refractivity contribution < 1.29 is 9.47 Å². The van der Waals surface area contributed by atoms with E-state index in [4.69, 9.17) is 9.47 Å². The standard InChI is InChI=1S/C21H16N4O2S2/c1-26-21-24-20-22-11-18(25(20)29-21)14-7-9-17(10-8-14)27-12-16-13-28-19(23-16)15-5-3-2-4-6-15/h2-11,13H,12H2,1H3. The monoisotopic (exact) mass is 420 g/mol. The Hall–Kier alpha value is -3.23. The number of hydrogen-bond donors (Lipinski definition) is 0. The second kappa shape index (κ2) is 7.65. The van der Waals surface area contributed by atoms with Crippen LogP contribution >= 0.6 is 22.9 Å². The van der Waals surface area contributed by atoms with E-state index >= 15 is 0 Å². The summed E-state index contributed by atoms with van der Waals surface area (Å²) in [5.74, 6) is 1.44. The highest BCUT2D eigenvalue weighted by molar-refractivity contribution is 7.13. The van der Waals surface area contributed by atoms with Crippen molar-refractivity contribution in [2.75, 3.05) is 7.11 Å². The molecule has 0 amide bonds. The summed E-state index contributed by atoms with van der Waals surface area (Å²) in [6.45, 7) is 0.436. The van der Waals surface area contributed by atoms with Gasteiger partial charge in [-0.2, -0.15) is 4.98 Å². The van der Waals surface area contributed by atoms with Crippen molar-refractivity contribution in [3.8, 4) is 32.8 Å². The predicted octanol–water partition coefficient (Wildman–Crippen LogP) is 5.17. The van der Waals surface area contributed by atoms with E-state index in [0.717, 1.165) is 33.3 Å². The van der Waals surface area contributed by atoms with E-state index in [1.807, 2.05) is 57.8 Å². The Labute approximate surface area is 175 Å². The number of fused-ring (bicyclic) bond motifs is 1. The summed E-state index contributed by atoms with van der Waals surface area (Å²) < 4.78 is 13.1. The molecule has 0 saturated heterocycles. The quantitative estimate of drug-likeness (QED) is 0.379. The average Bonchev–Trinajstić information content (AvgIpc) is 3.49.